The van der Waals surface area contributed by atoms with Gasteiger partial charge in [-0.3, -0.25) is 29.4 Å². The summed E-state index contributed by atoms with van der Waals surface area (Å²) in [6.07, 6.45) is 0.820. The molecule has 9 heteroatoms. The molecule has 2 heterocycles. The summed E-state index contributed by atoms with van der Waals surface area (Å²) in [6.45, 7) is 3.96. The molecule has 1 aliphatic heterocycles. The number of non-ortho nitro benzene ring substituents is 1. The Labute approximate surface area is 149 Å². The zero-order chi connectivity index (χ0) is 18.7. The van der Waals surface area contributed by atoms with Crippen LogP contribution in [0.2, 0.25) is 0 Å². The molecule has 1 fully saturated rings. The maximum absolute atomic E-state index is 11.8. The van der Waals surface area contributed by atoms with Gasteiger partial charge in [0.05, 0.1) is 4.92 Å². The van der Waals surface area contributed by atoms with Gasteiger partial charge in [-0.05, 0) is 12.0 Å². The fourth-order valence-corrected chi connectivity index (χ4v) is 3.00. The van der Waals surface area contributed by atoms with Crippen molar-refractivity contribution in [2.75, 3.05) is 37.6 Å². The average Bonchev–Trinajstić information content (AvgIpc) is 2.65. The first-order chi connectivity index (χ1) is 12.4. The average molecular weight is 359 g/mol. The number of aromatic nitrogens is 2. The Kier molecular flexibility index (Phi) is 5.17. The van der Waals surface area contributed by atoms with Crippen LogP contribution in [0.25, 0.3) is 0 Å². The zero-order valence-corrected chi connectivity index (χ0v) is 14.6. The molecular weight excluding hydrogens is 338 g/mol. The highest BCUT2D eigenvalue weighted by Crippen LogP contribution is 2.14. The molecule has 0 atom stereocenters. The van der Waals surface area contributed by atoms with Crippen LogP contribution in [0.15, 0.2) is 39.9 Å². The third kappa shape index (κ3) is 3.99. The summed E-state index contributed by atoms with van der Waals surface area (Å²) in [5.74, 6) is 0.563. The first-order valence-corrected chi connectivity index (χ1v) is 8.45. The van der Waals surface area contributed by atoms with Gasteiger partial charge in [-0.2, -0.15) is 0 Å². The summed E-state index contributed by atoms with van der Waals surface area (Å²) < 4.78 is 1.05. The normalized spacial score (nSPS) is 15.2. The Balaban J connectivity index is 1.53. The van der Waals surface area contributed by atoms with Crippen LogP contribution in [0.1, 0.15) is 5.56 Å². The lowest BCUT2D eigenvalue weighted by molar-refractivity contribution is -0.384. The van der Waals surface area contributed by atoms with Crippen LogP contribution in [0.3, 0.4) is 0 Å². The number of nitro benzene ring substituents is 1. The van der Waals surface area contributed by atoms with Gasteiger partial charge in [-0.15, -0.1) is 0 Å². The highest BCUT2D eigenvalue weighted by Gasteiger charge is 2.18. The minimum Gasteiger partial charge on any atom is -0.355 e. The standard InChI is InChI=1S/C17H21N5O4/c1-19-16(23)12-15(18-17(19)24)21-10-8-20(9-11-21)7-6-13-2-4-14(5-3-13)22(25)26/h2-5,12H,6-11H2,1H3,(H,18,24). The molecule has 1 N–H and O–H groups in total. The lowest BCUT2D eigenvalue weighted by Crippen LogP contribution is -2.48. The van der Waals surface area contributed by atoms with Crippen LogP contribution >= 0.6 is 0 Å². The number of nitro groups is 1. The molecule has 1 saturated heterocycles. The third-order valence-corrected chi connectivity index (χ3v) is 4.71. The highest BCUT2D eigenvalue weighted by molar-refractivity contribution is 5.37. The molecule has 26 heavy (non-hydrogen) atoms. The SMILES string of the molecule is Cn1c(=O)cc(N2CCN(CCc3ccc([N+](=O)[O-])cc3)CC2)[nH]c1=O. The van der Waals surface area contributed by atoms with Crippen molar-refractivity contribution in [2.24, 2.45) is 7.05 Å². The second kappa shape index (κ2) is 7.52. The van der Waals surface area contributed by atoms with Gasteiger partial charge in [-0.1, -0.05) is 12.1 Å². The lowest BCUT2D eigenvalue weighted by atomic mass is 10.1. The van der Waals surface area contributed by atoms with E-state index in [1.54, 1.807) is 12.1 Å². The van der Waals surface area contributed by atoms with Gasteiger partial charge >= 0.3 is 5.69 Å². The van der Waals surface area contributed by atoms with Gasteiger partial charge in [0.2, 0.25) is 0 Å². The molecule has 0 unspecified atom stereocenters. The molecule has 2 aromatic rings. The van der Waals surface area contributed by atoms with Crippen molar-refractivity contribution in [3.05, 3.63) is 66.8 Å². The number of nitrogens with one attached hydrogen (secondary N) is 1. The molecule has 9 nitrogen and oxygen atoms in total. The molecule has 1 aromatic carbocycles. The number of benzene rings is 1. The summed E-state index contributed by atoms with van der Waals surface area (Å²) >= 11 is 0. The van der Waals surface area contributed by atoms with Crippen LogP contribution in [0.5, 0.6) is 0 Å². The summed E-state index contributed by atoms with van der Waals surface area (Å²) in [6, 6.07) is 8.09. The first kappa shape index (κ1) is 17.9. The monoisotopic (exact) mass is 359 g/mol. The van der Waals surface area contributed by atoms with E-state index in [1.807, 2.05) is 4.90 Å². The number of rotatable bonds is 5. The van der Waals surface area contributed by atoms with Crippen LogP contribution in [-0.4, -0.2) is 52.1 Å². The Morgan fingerprint density at radius 3 is 2.35 bits per heavy atom. The predicted molar refractivity (Wildman–Crippen MR) is 97.8 cm³/mol. The van der Waals surface area contributed by atoms with Crippen molar-refractivity contribution in [1.82, 2.24) is 14.5 Å². The number of nitrogens with zero attached hydrogens (tertiary/aromatic N) is 4. The fraction of sp³-hybridized carbons (Fsp3) is 0.412. The van der Waals surface area contributed by atoms with E-state index in [2.05, 4.69) is 9.88 Å². The Bertz CT molecular complexity index is 863. The van der Waals surface area contributed by atoms with Crippen LogP contribution < -0.4 is 16.1 Å². The summed E-state index contributed by atoms with van der Waals surface area (Å²) in [7, 11) is 1.45. The summed E-state index contributed by atoms with van der Waals surface area (Å²) in [4.78, 5) is 40.8. The molecule has 0 aliphatic carbocycles. The molecule has 1 aliphatic rings. The van der Waals surface area contributed by atoms with E-state index in [1.165, 1.54) is 25.2 Å². The first-order valence-electron chi connectivity index (χ1n) is 8.45. The van der Waals surface area contributed by atoms with Crippen molar-refractivity contribution >= 4 is 11.5 Å². The quantitative estimate of drug-likeness (QED) is 0.610. The Hall–Kier alpha value is -2.94. The van der Waals surface area contributed by atoms with Crippen molar-refractivity contribution in [3.63, 3.8) is 0 Å². The number of hydrogen-bond acceptors (Lipinski definition) is 6. The Morgan fingerprint density at radius 1 is 1.12 bits per heavy atom. The van der Waals surface area contributed by atoms with Crippen LogP contribution in [-0.2, 0) is 13.5 Å². The van der Waals surface area contributed by atoms with E-state index in [0.29, 0.717) is 5.82 Å². The molecule has 0 spiro atoms. The predicted octanol–water partition coefficient (Wildman–Crippen LogP) is 0.347. The molecule has 0 saturated carbocycles. The van der Waals surface area contributed by atoms with E-state index in [0.717, 1.165) is 49.3 Å². The van der Waals surface area contributed by atoms with Crippen LogP contribution in [0, 0.1) is 10.1 Å². The summed E-state index contributed by atoms with van der Waals surface area (Å²) in [5, 5.41) is 10.7. The second-order valence-corrected chi connectivity index (χ2v) is 6.36. The number of anilines is 1. The zero-order valence-electron chi connectivity index (χ0n) is 14.6. The van der Waals surface area contributed by atoms with Gasteiger partial charge in [0, 0.05) is 58.0 Å². The van der Waals surface area contributed by atoms with E-state index in [9.17, 15) is 19.7 Å². The number of hydrogen-bond donors (Lipinski definition) is 1. The Morgan fingerprint density at radius 2 is 1.77 bits per heavy atom. The smallest absolute Gasteiger partial charge is 0.329 e. The van der Waals surface area contributed by atoms with E-state index in [4.69, 9.17) is 0 Å². The van der Waals surface area contributed by atoms with Crippen LogP contribution in [0.4, 0.5) is 11.5 Å². The largest absolute Gasteiger partial charge is 0.355 e. The number of aromatic amines is 1. The van der Waals surface area contributed by atoms with Crippen molar-refractivity contribution in [2.45, 2.75) is 6.42 Å². The molecule has 1 aromatic heterocycles. The minimum absolute atomic E-state index is 0.102. The van der Waals surface area contributed by atoms with Gasteiger partial charge in [0.1, 0.15) is 5.82 Å². The van der Waals surface area contributed by atoms with E-state index in [-0.39, 0.29) is 11.2 Å². The fourth-order valence-electron chi connectivity index (χ4n) is 3.00. The van der Waals surface area contributed by atoms with Crippen molar-refractivity contribution in [1.29, 1.82) is 0 Å². The highest BCUT2D eigenvalue weighted by atomic mass is 16.6. The molecule has 0 bridgehead atoms. The number of H-pyrrole nitrogens is 1. The third-order valence-electron chi connectivity index (χ3n) is 4.71. The summed E-state index contributed by atoms with van der Waals surface area (Å²) in [5.41, 5.74) is 0.441. The van der Waals surface area contributed by atoms with Crippen molar-refractivity contribution < 1.29 is 4.92 Å². The van der Waals surface area contributed by atoms with E-state index >= 15 is 0 Å². The van der Waals surface area contributed by atoms with E-state index < -0.39 is 10.6 Å². The topological polar surface area (TPSA) is 104 Å². The maximum Gasteiger partial charge on any atom is 0.329 e. The lowest BCUT2D eigenvalue weighted by Gasteiger charge is -2.35. The van der Waals surface area contributed by atoms with Gasteiger partial charge in [0.25, 0.3) is 11.2 Å². The molecular formula is C17H21N5O4. The molecule has 138 valence electrons. The minimum atomic E-state index is -0.409. The van der Waals surface area contributed by atoms with Gasteiger partial charge in [-0.25, -0.2) is 4.79 Å². The van der Waals surface area contributed by atoms with Gasteiger partial charge in [0.15, 0.2) is 0 Å². The van der Waals surface area contributed by atoms with Gasteiger partial charge < -0.3 is 4.90 Å². The molecule has 0 radical (unpaired) electrons. The molecule has 3 rings (SSSR count). The number of piperazine rings is 1. The second-order valence-electron chi connectivity index (χ2n) is 6.36. The molecule has 0 amide bonds. The maximum atomic E-state index is 11.8. The van der Waals surface area contributed by atoms with Crippen molar-refractivity contribution in [3.8, 4) is 0 Å².